The molecule has 1 unspecified atom stereocenters. The van der Waals surface area contributed by atoms with Crippen LogP contribution in [0.25, 0.3) is 5.82 Å². The molecule has 4 heteroatoms. The van der Waals surface area contributed by atoms with Crippen molar-refractivity contribution in [2.75, 3.05) is 0 Å². The van der Waals surface area contributed by atoms with Gasteiger partial charge >= 0.3 is 0 Å². The first kappa shape index (κ1) is 14.7. The highest BCUT2D eigenvalue weighted by molar-refractivity contribution is 5.38. The summed E-state index contributed by atoms with van der Waals surface area (Å²) in [4.78, 5) is 4.60. The van der Waals surface area contributed by atoms with Crippen molar-refractivity contribution >= 4 is 0 Å². The fourth-order valence-corrected chi connectivity index (χ4v) is 2.33. The van der Waals surface area contributed by atoms with Gasteiger partial charge in [-0.25, -0.2) is 9.67 Å². The Balaban J connectivity index is 2.36. The first-order valence-corrected chi connectivity index (χ1v) is 7.18. The monoisotopic (exact) mass is 272 g/mol. The van der Waals surface area contributed by atoms with Crippen molar-refractivity contribution in [1.29, 1.82) is 0 Å². The molecule has 2 aromatic heterocycles. The molecule has 0 saturated carbocycles. The van der Waals surface area contributed by atoms with E-state index in [4.69, 9.17) is 5.73 Å². The second kappa shape index (κ2) is 5.75. The van der Waals surface area contributed by atoms with E-state index in [-0.39, 0.29) is 6.04 Å². The van der Waals surface area contributed by atoms with E-state index < -0.39 is 0 Å². The highest BCUT2D eigenvalue weighted by Gasteiger charge is 2.12. The highest BCUT2D eigenvalue weighted by atomic mass is 15.3. The fraction of sp³-hybridized carbons (Fsp3) is 0.500. The number of hydrogen-bond acceptors (Lipinski definition) is 3. The summed E-state index contributed by atoms with van der Waals surface area (Å²) in [7, 11) is 0. The quantitative estimate of drug-likeness (QED) is 0.931. The molecule has 0 aliphatic rings. The van der Waals surface area contributed by atoms with Gasteiger partial charge in [-0.2, -0.15) is 5.10 Å². The molecule has 2 N–H and O–H groups in total. The summed E-state index contributed by atoms with van der Waals surface area (Å²) in [6.45, 7) is 10.4. The predicted molar refractivity (Wildman–Crippen MR) is 82.3 cm³/mol. The molecule has 0 saturated heterocycles. The molecular weight excluding hydrogens is 248 g/mol. The van der Waals surface area contributed by atoms with E-state index in [1.165, 1.54) is 11.1 Å². The molecule has 2 heterocycles. The van der Waals surface area contributed by atoms with Crippen molar-refractivity contribution in [3.63, 3.8) is 0 Å². The summed E-state index contributed by atoms with van der Waals surface area (Å²) in [6.07, 6.45) is 3.78. The summed E-state index contributed by atoms with van der Waals surface area (Å²) in [5, 5.41) is 4.58. The number of pyridine rings is 1. The first-order chi connectivity index (χ1) is 9.43. The van der Waals surface area contributed by atoms with E-state index in [2.05, 4.69) is 43.8 Å². The molecule has 4 nitrogen and oxygen atoms in total. The molecule has 2 rings (SSSR count). The van der Waals surface area contributed by atoms with Crippen LogP contribution < -0.4 is 5.73 Å². The van der Waals surface area contributed by atoms with Crippen LogP contribution in [-0.4, -0.2) is 20.8 Å². The van der Waals surface area contributed by atoms with Crippen molar-refractivity contribution in [3.8, 4) is 5.82 Å². The summed E-state index contributed by atoms with van der Waals surface area (Å²) in [5.41, 5.74) is 11.8. The third kappa shape index (κ3) is 2.75. The van der Waals surface area contributed by atoms with Gasteiger partial charge in [-0.05, 0) is 57.2 Å². The van der Waals surface area contributed by atoms with Gasteiger partial charge < -0.3 is 5.73 Å². The number of aromatic nitrogens is 3. The van der Waals surface area contributed by atoms with Gasteiger partial charge in [0.15, 0.2) is 5.82 Å². The van der Waals surface area contributed by atoms with Crippen LogP contribution in [0.1, 0.15) is 41.4 Å². The first-order valence-electron chi connectivity index (χ1n) is 7.18. The normalized spacial score (nSPS) is 12.7. The second-order valence-corrected chi connectivity index (χ2v) is 5.56. The average Bonchev–Trinajstić information content (AvgIpc) is 2.66. The molecule has 0 fully saturated rings. The minimum Gasteiger partial charge on any atom is -0.327 e. The van der Waals surface area contributed by atoms with E-state index >= 15 is 0 Å². The molecule has 0 amide bonds. The average molecular weight is 272 g/mol. The van der Waals surface area contributed by atoms with Gasteiger partial charge in [-0.1, -0.05) is 13.0 Å². The second-order valence-electron chi connectivity index (χ2n) is 5.56. The predicted octanol–water partition coefficient (Wildman–Crippen LogP) is 2.78. The van der Waals surface area contributed by atoms with E-state index in [1.54, 1.807) is 0 Å². The molecule has 0 aromatic carbocycles. The van der Waals surface area contributed by atoms with Crippen molar-refractivity contribution < 1.29 is 0 Å². The zero-order valence-electron chi connectivity index (χ0n) is 13.1. The molecule has 0 aliphatic heterocycles. The Hall–Kier alpha value is -1.68. The van der Waals surface area contributed by atoms with Crippen LogP contribution in [0.3, 0.4) is 0 Å². The summed E-state index contributed by atoms with van der Waals surface area (Å²) >= 11 is 0. The maximum atomic E-state index is 6.01. The lowest BCUT2D eigenvalue weighted by Crippen LogP contribution is -2.21. The summed E-state index contributed by atoms with van der Waals surface area (Å²) < 4.78 is 1.93. The van der Waals surface area contributed by atoms with Crippen LogP contribution in [0, 0.1) is 27.7 Å². The Kier molecular flexibility index (Phi) is 4.23. The van der Waals surface area contributed by atoms with Crippen LogP contribution in [0.4, 0.5) is 0 Å². The summed E-state index contributed by atoms with van der Waals surface area (Å²) in [5.74, 6) is 0.910. The van der Waals surface area contributed by atoms with Gasteiger partial charge in [0.2, 0.25) is 0 Å². The van der Waals surface area contributed by atoms with E-state index in [9.17, 15) is 0 Å². The van der Waals surface area contributed by atoms with Crippen molar-refractivity contribution in [2.45, 2.75) is 53.5 Å². The maximum absolute atomic E-state index is 6.01. The number of rotatable bonds is 4. The summed E-state index contributed by atoms with van der Waals surface area (Å²) in [6, 6.07) is 2.38. The highest BCUT2D eigenvalue weighted by Crippen LogP contribution is 2.19. The van der Waals surface area contributed by atoms with Crippen molar-refractivity contribution in [3.05, 3.63) is 40.3 Å². The van der Waals surface area contributed by atoms with E-state index in [0.717, 1.165) is 35.6 Å². The van der Waals surface area contributed by atoms with E-state index in [1.807, 2.05) is 17.8 Å². The Labute approximate surface area is 121 Å². The topological polar surface area (TPSA) is 56.7 Å². The molecule has 0 aliphatic carbocycles. The molecule has 0 spiro atoms. The van der Waals surface area contributed by atoms with Gasteiger partial charge in [-0.15, -0.1) is 0 Å². The smallest absolute Gasteiger partial charge is 0.156 e. The maximum Gasteiger partial charge on any atom is 0.156 e. The molecule has 108 valence electrons. The third-order valence-corrected chi connectivity index (χ3v) is 3.98. The Bertz CT molecular complexity index is 613. The molecular formula is C16H24N4. The standard InChI is InChI=1S/C16H24N4/c1-6-15(17)8-14-7-10(2)16(18-9-14)20-13(5)11(3)12(4)19-20/h7,9,15H,6,8,17H2,1-5H3. The van der Waals surface area contributed by atoms with Crippen LogP contribution in [0.2, 0.25) is 0 Å². The molecule has 0 radical (unpaired) electrons. The Morgan fingerprint density at radius 2 is 1.95 bits per heavy atom. The number of nitrogens with zero attached hydrogens (tertiary/aromatic N) is 3. The van der Waals surface area contributed by atoms with Gasteiger partial charge in [0.05, 0.1) is 5.69 Å². The lowest BCUT2D eigenvalue weighted by atomic mass is 10.1. The lowest BCUT2D eigenvalue weighted by Gasteiger charge is -2.12. The molecule has 0 bridgehead atoms. The van der Waals surface area contributed by atoms with Gasteiger partial charge in [0.25, 0.3) is 0 Å². The molecule has 1 atom stereocenters. The van der Waals surface area contributed by atoms with Crippen LogP contribution in [0.5, 0.6) is 0 Å². The minimum atomic E-state index is 0.206. The fourth-order valence-electron chi connectivity index (χ4n) is 2.33. The zero-order chi connectivity index (χ0) is 14.9. The van der Waals surface area contributed by atoms with Gasteiger partial charge in [0, 0.05) is 17.9 Å². The van der Waals surface area contributed by atoms with Gasteiger partial charge in [0.1, 0.15) is 0 Å². The van der Waals surface area contributed by atoms with Crippen LogP contribution >= 0.6 is 0 Å². The molecule has 2 aromatic rings. The van der Waals surface area contributed by atoms with Crippen molar-refractivity contribution in [1.82, 2.24) is 14.8 Å². The SMILES string of the molecule is CCC(N)Cc1cnc(-n2nc(C)c(C)c2C)c(C)c1. The van der Waals surface area contributed by atoms with Crippen LogP contribution in [-0.2, 0) is 6.42 Å². The minimum absolute atomic E-state index is 0.206. The Morgan fingerprint density at radius 3 is 2.45 bits per heavy atom. The largest absolute Gasteiger partial charge is 0.327 e. The number of nitrogens with two attached hydrogens (primary N) is 1. The number of aryl methyl sites for hydroxylation is 2. The Morgan fingerprint density at radius 1 is 1.25 bits per heavy atom. The van der Waals surface area contributed by atoms with Crippen LogP contribution in [0.15, 0.2) is 12.3 Å². The number of hydrogen-bond donors (Lipinski definition) is 1. The molecule has 20 heavy (non-hydrogen) atoms. The lowest BCUT2D eigenvalue weighted by molar-refractivity contribution is 0.644. The van der Waals surface area contributed by atoms with Gasteiger partial charge in [-0.3, -0.25) is 0 Å². The zero-order valence-corrected chi connectivity index (χ0v) is 13.1. The van der Waals surface area contributed by atoms with Crippen molar-refractivity contribution in [2.24, 2.45) is 5.73 Å². The third-order valence-electron chi connectivity index (χ3n) is 3.98. The van der Waals surface area contributed by atoms with E-state index in [0.29, 0.717) is 0 Å².